The maximum absolute atomic E-state index is 12.0. The first-order valence-corrected chi connectivity index (χ1v) is 9.18. The summed E-state index contributed by atoms with van der Waals surface area (Å²) in [6.07, 6.45) is 2.71. The summed E-state index contributed by atoms with van der Waals surface area (Å²) in [5.41, 5.74) is 6.11. The third-order valence-electron chi connectivity index (χ3n) is 6.23. The van der Waals surface area contributed by atoms with Crippen LogP contribution in [-0.4, -0.2) is 24.2 Å². The number of carbonyl (C=O) groups is 1. The van der Waals surface area contributed by atoms with E-state index in [4.69, 9.17) is 15.0 Å². The molecule has 1 amide bonds. The molecule has 4 nitrogen and oxygen atoms in total. The van der Waals surface area contributed by atoms with Crippen molar-refractivity contribution >= 4 is 13.0 Å². The molecule has 5 heteroatoms. The Morgan fingerprint density at radius 1 is 1.16 bits per heavy atom. The Hall–Kier alpha value is -1.33. The van der Waals surface area contributed by atoms with Gasteiger partial charge in [-0.25, -0.2) is 0 Å². The van der Waals surface area contributed by atoms with Crippen LogP contribution in [-0.2, 0) is 20.5 Å². The number of carbonyl (C=O) groups excluding carboxylic acids is 1. The molecule has 0 radical (unpaired) electrons. The van der Waals surface area contributed by atoms with Gasteiger partial charge in [0.25, 0.3) is 0 Å². The summed E-state index contributed by atoms with van der Waals surface area (Å²) in [5, 5.41) is -0.467. The number of nitrogens with two attached hydrogens (primary N) is 1. The third-order valence-corrected chi connectivity index (χ3v) is 6.23. The van der Waals surface area contributed by atoms with E-state index in [1.807, 2.05) is 40.7 Å². The number of aryl methyl sites for hydroxylation is 1. The largest absolute Gasteiger partial charge is 0.465 e. The second-order valence-corrected chi connectivity index (χ2v) is 8.56. The Morgan fingerprint density at radius 2 is 1.68 bits per heavy atom. The first-order chi connectivity index (χ1) is 11.5. The van der Waals surface area contributed by atoms with Crippen molar-refractivity contribution in [2.45, 2.75) is 77.3 Å². The molecular formula is C20H32BNO3. The highest BCUT2D eigenvalue weighted by Gasteiger charge is 2.59. The molecule has 0 aromatic heterocycles. The fourth-order valence-corrected chi connectivity index (χ4v) is 3.29. The molecule has 0 saturated carbocycles. The molecule has 0 bridgehead atoms. The van der Waals surface area contributed by atoms with Gasteiger partial charge in [-0.1, -0.05) is 44.2 Å². The standard InChI is InChI=1S/C20H32BNO3/c1-15(17(22)23)20(6,14-10-13-16-11-8-7-9-12-16)21-24-18(2,3)19(4,5)25-21/h7-9,11-12,15H,10,13-14H2,1-6H3,(H2,22,23)/t15?,20-/m1/s1. The van der Waals surface area contributed by atoms with Crippen LogP contribution in [0.25, 0.3) is 0 Å². The first kappa shape index (κ1) is 20.0. The number of amides is 1. The predicted molar refractivity (Wildman–Crippen MR) is 102 cm³/mol. The molecule has 0 spiro atoms. The van der Waals surface area contributed by atoms with Crippen molar-refractivity contribution in [3.63, 3.8) is 0 Å². The molecule has 2 N–H and O–H groups in total. The molecule has 1 fully saturated rings. The number of rotatable bonds is 7. The maximum Gasteiger partial charge on any atom is 0.465 e. The maximum atomic E-state index is 12.0. The van der Waals surface area contributed by atoms with Crippen molar-refractivity contribution in [1.29, 1.82) is 0 Å². The van der Waals surface area contributed by atoms with E-state index in [1.165, 1.54) is 5.56 Å². The summed E-state index contributed by atoms with van der Waals surface area (Å²) in [6.45, 7) is 12.1. The smallest absolute Gasteiger partial charge is 0.403 e. The lowest BCUT2D eigenvalue weighted by molar-refractivity contribution is -0.122. The van der Waals surface area contributed by atoms with Gasteiger partial charge in [-0.05, 0) is 52.5 Å². The quantitative estimate of drug-likeness (QED) is 0.760. The van der Waals surface area contributed by atoms with Crippen molar-refractivity contribution in [3.05, 3.63) is 35.9 Å². The summed E-state index contributed by atoms with van der Waals surface area (Å²) in [6, 6.07) is 10.4. The van der Waals surface area contributed by atoms with E-state index >= 15 is 0 Å². The number of primary amides is 1. The molecular weight excluding hydrogens is 313 g/mol. The SMILES string of the molecule is CC(C(N)=O)[C@@](C)(CCCc1ccccc1)B1OC(C)(C)C(C)(C)O1. The summed E-state index contributed by atoms with van der Waals surface area (Å²) in [5.74, 6) is -0.644. The van der Waals surface area contributed by atoms with Crippen molar-refractivity contribution < 1.29 is 14.1 Å². The lowest BCUT2D eigenvalue weighted by Gasteiger charge is -2.35. The van der Waals surface area contributed by atoms with E-state index in [9.17, 15) is 4.79 Å². The minimum Gasteiger partial charge on any atom is -0.403 e. The molecule has 1 heterocycles. The van der Waals surface area contributed by atoms with Crippen LogP contribution in [0.4, 0.5) is 0 Å². The van der Waals surface area contributed by atoms with Crippen LogP contribution >= 0.6 is 0 Å². The second-order valence-electron chi connectivity index (χ2n) is 8.56. The molecule has 1 aromatic carbocycles. The molecule has 1 unspecified atom stereocenters. The average Bonchev–Trinajstić information content (AvgIpc) is 2.76. The summed E-state index contributed by atoms with van der Waals surface area (Å²) in [4.78, 5) is 12.0. The van der Waals surface area contributed by atoms with Gasteiger partial charge in [-0.15, -0.1) is 0 Å². The number of benzene rings is 1. The van der Waals surface area contributed by atoms with Gasteiger partial charge in [-0.3, -0.25) is 4.79 Å². The van der Waals surface area contributed by atoms with Gasteiger partial charge in [0.1, 0.15) is 0 Å². The van der Waals surface area contributed by atoms with E-state index in [2.05, 4.69) is 31.2 Å². The molecule has 2 rings (SSSR count). The fourth-order valence-electron chi connectivity index (χ4n) is 3.29. The lowest BCUT2D eigenvalue weighted by atomic mass is 9.50. The van der Waals surface area contributed by atoms with Gasteiger partial charge in [0.2, 0.25) is 5.91 Å². The summed E-state index contributed by atoms with van der Waals surface area (Å²) >= 11 is 0. The zero-order valence-corrected chi connectivity index (χ0v) is 16.5. The zero-order chi connectivity index (χ0) is 18.9. The van der Waals surface area contributed by atoms with Crippen LogP contribution < -0.4 is 5.73 Å². The van der Waals surface area contributed by atoms with Crippen LogP contribution in [0, 0.1) is 5.92 Å². The molecule has 25 heavy (non-hydrogen) atoms. The first-order valence-electron chi connectivity index (χ1n) is 9.18. The monoisotopic (exact) mass is 345 g/mol. The van der Waals surface area contributed by atoms with Crippen LogP contribution in [0.3, 0.4) is 0 Å². The topological polar surface area (TPSA) is 61.6 Å². The highest BCUT2D eigenvalue weighted by Crippen LogP contribution is 2.51. The van der Waals surface area contributed by atoms with Crippen LogP contribution in [0.5, 0.6) is 0 Å². The Morgan fingerprint density at radius 3 is 2.16 bits per heavy atom. The normalized spacial score (nSPS) is 22.4. The molecule has 138 valence electrons. The van der Waals surface area contributed by atoms with Gasteiger partial charge in [0.15, 0.2) is 0 Å². The second kappa shape index (κ2) is 7.12. The molecule has 1 aliphatic rings. The van der Waals surface area contributed by atoms with Gasteiger partial charge >= 0.3 is 7.12 Å². The van der Waals surface area contributed by atoms with E-state index in [1.54, 1.807) is 0 Å². The van der Waals surface area contributed by atoms with E-state index in [-0.39, 0.29) is 11.8 Å². The minimum atomic E-state index is -0.467. The average molecular weight is 345 g/mol. The Balaban J connectivity index is 2.16. The molecule has 0 aliphatic carbocycles. The van der Waals surface area contributed by atoms with Crippen molar-refractivity contribution in [2.75, 3.05) is 0 Å². The fraction of sp³-hybridized carbons (Fsp3) is 0.650. The lowest BCUT2D eigenvalue weighted by Crippen LogP contribution is -2.43. The van der Waals surface area contributed by atoms with Gasteiger partial charge in [-0.2, -0.15) is 0 Å². The summed E-state index contributed by atoms with van der Waals surface area (Å²) < 4.78 is 12.5. The predicted octanol–water partition coefficient (Wildman–Crippen LogP) is 3.98. The number of hydrogen-bond donors (Lipinski definition) is 1. The minimum absolute atomic E-state index is 0.308. The Labute approximate surface area is 152 Å². The van der Waals surface area contributed by atoms with Crippen LogP contribution in [0.1, 0.15) is 59.9 Å². The third kappa shape index (κ3) is 4.09. The van der Waals surface area contributed by atoms with Crippen molar-refractivity contribution in [1.82, 2.24) is 0 Å². The van der Waals surface area contributed by atoms with Crippen LogP contribution in [0.2, 0.25) is 5.31 Å². The van der Waals surface area contributed by atoms with E-state index in [0.29, 0.717) is 0 Å². The Kier molecular flexibility index (Phi) is 5.70. The molecule has 1 saturated heterocycles. The van der Waals surface area contributed by atoms with Crippen molar-refractivity contribution in [3.8, 4) is 0 Å². The highest BCUT2D eigenvalue weighted by molar-refractivity contribution is 6.50. The molecule has 1 aliphatic heterocycles. The van der Waals surface area contributed by atoms with Crippen LogP contribution in [0.15, 0.2) is 30.3 Å². The summed E-state index contributed by atoms with van der Waals surface area (Å²) in [7, 11) is -0.448. The molecule has 1 aromatic rings. The zero-order valence-electron chi connectivity index (χ0n) is 16.5. The Bertz CT molecular complexity index is 586. The highest BCUT2D eigenvalue weighted by atomic mass is 16.7. The van der Waals surface area contributed by atoms with Gasteiger partial charge < -0.3 is 15.0 Å². The number of hydrogen-bond acceptors (Lipinski definition) is 3. The van der Waals surface area contributed by atoms with Gasteiger partial charge in [0, 0.05) is 11.2 Å². The van der Waals surface area contributed by atoms with Crippen molar-refractivity contribution in [2.24, 2.45) is 11.7 Å². The molecule has 2 atom stereocenters. The van der Waals surface area contributed by atoms with E-state index in [0.717, 1.165) is 19.3 Å². The van der Waals surface area contributed by atoms with Gasteiger partial charge in [0.05, 0.1) is 11.2 Å². The van der Waals surface area contributed by atoms with E-state index < -0.39 is 23.6 Å².